The maximum atomic E-state index is 12.4. The van der Waals surface area contributed by atoms with Gasteiger partial charge in [-0.3, -0.25) is 4.79 Å². The highest BCUT2D eigenvalue weighted by atomic mass is 16.6. The lowest BCUT2D eigenvalue weighted by molar-refractivity contribution is -0.116. The molecule has 0 aliphatic heterocycles. The van der Waals surface area contributed by atoms with E-state index in [9.17, 15) is 9.90 Å². The number of allylic oxidation sites excluding steroid dienone is 2. The van der Waals surface area contributed by atoms with Crippen molar-refractivity contribution in [3.63, 3.8) is 0 Å². The summed E-state index contributed by atoms with van der Waals surface area (Å²) in [6, 6.07) is 0. The molecule has 1 rings (SSSR count). The van der Waals surface area contributed by atoms with Gasteiger partial charge in [-0.05, 0) is 25.7 Å². The molecular formula is C18H31NO3. The first-order valence-corrected chi connectivity index (χ1v) is 8.78. The van der Waals surface area contributed by atoms with Gasteiger partial charge in [0.15, 0.2) is 5.78 Å². The molecule has 0 aromatic rings. The van der Waals surface area contributed by atoms with Crippen LogP contribution in [0.4, 0.5) is 0 Å². The molecule has 1 unspecified atom stereocenters. The second kappa shape index (κ2) is 10.4. The molecule has 0 aromatic carbocycles. The van der Waals surface area contributed by atoms with Crippen molar-refractivity contribution in [1.82, 2.24) is 0 Å². The van der Waals surface area contributed by atoms with Gasteiger partial charge in [-0.1, -0.05) is 51.1 Å². The number of aliphatic hydroxyl groups excluding tert-OH is 1. The van der Waals surface area contributed by atoms with Crippen molar-refractivity contribution in [3.05, 3.63) is 11.3 Å². The highest BCUT2D eigenvalue weighted by Gasteiger charge is 2.30. The second-order valence-corrected chi connectivity index (χ2v) is 6.07. The van der Waals surface area contributed by atoms with Gasteiger partial charge in [0.25, 0.3) is 0 Å². The number of rotatable bonds is 10. The number of ketones is 1. The maximum absolute atomic E-state index is 12.4. The maximum Gasteiger partial charge on any atom is 0.168 e. The predicted molar refractivity (Wildman–Crippen MR) is 90.1 cm³/mol. The Morgan fingerprint density at radius 1 is 1.18 bits per heavy atom. The Balaban J connectivity index is 2.72. The summed E-state index contributed by atoms with van der Waals surface area (Å²) >= 11 is 0. The zero-order valence-electron chi connectivity index (χ0n) is 14.4. The van der Waals surface area contributed by atoms with Crippen LogP contribution in [0.1, 0.15) is 78.6 Å². The number of hydrogen-bond donors (Lipinski definition) is 1. The van der Waals surface area contributed by atoms with Crippen LogP contribution in [0, 0.1) is 5.92 Å². The van der Waals surface area contributed by atoms with E-state index in [0.717, 1.165) is 19.3 Å². The molecule has 0 saturated carbocycles. The molecule has 1 N–H and O–H groups in total. The van der Waals surface area contributed by atoms with Gasteiger partial charge in [0.2, 0.25) is 0 Å². The van der Waals surface area contributed by atoms with E-state index in [1.54, 1.807) is 0 Å². The molecule has 1 aliphatic carbocycles. The molecule has 126 valence electrons. The summed E-state index contributed by atoms with van der Waals surface area (Å²) in [5, 5.41) is 14.4. The van der Waals surface area contributed by atoms with Gasteiger partial charge in [0.05, 0.1) is 11.3 Å². The quantitative estimate of drug-likeness (QED) is 0.353. The van der Waals surface area contributed by atoms with Gasteiger partial charge in [-0.15, -0.1) is 0 Å². The fourth-order valence-electron chi connectivity index (χ4n) is 2.96. The fraction of sp³-hybridized carbons (Fsp3) is 0.778. The molecule has 4 nitrogen and oxygen atoms in total. The Hall–Kier alpha value is -1.32. The number of oxime groups is 1. The normalized spacial score (nSPS) is 19.7. The van der Waals surface area contributed by atoms with Crippen LogP contribution >= 0.6 is 0 Å². The van der Waals surface area contributed by atoms with E-state index in [1.165, 1.54) is 19.3 Å². The average Bonchev–Trinajstić information content (AvgIpc) is 2.48. The van der Waals surface area contributed by atoms with Crippen molar-refractivity contribution < 1.29 is 14.7 Å². The summed E-state index contributed by atoms with van der Waals surface area (Å²) in [7, 11) is 0. The minimum absolute atomic E-state index is 0.0242. The predicted octanol–water partition coefficient (Wildman–Crippen LogP) is 4.94. The molecule has 4 heteroatoms. The molecule has 0 fully saturated rings. The number of nitrogens with zero attached hydrogens (tertiary/aromatic N) is 1. The number of Topliss-reactive ketones (excluding diaryl/α,β-unsaturated/α-hetero) is 1. The van der Waals surface area contributed by atoms with E-state index in [0.29, 0.717) is 37.2 Å². The summed E-state index contributed by atoms with van der Waals surface area (Å²) in [4.78, 5) is 17.5. The van der Waals surface area contributed by atoms with Gasteiger partial charge in [0.1, 0.15) is 12.4 Å². The molecule has 0 amide bonds. The lowest BCUT2D eigenvalue weighted by atomic mass is 9.82. The topological polar surface area (TPSA) is 58.9 Å². The van der Waals surface area contributed by atoms with Gasteiger partial charge in [-0.2, -0.15) is 0 Å². The van der Waals surface area contributed by atoms with Crippen molar-refractivity contribution >= 4 is 11.5 Å². The average molecular weight is 309 g/mol. The summed E-state index contributed by atoms with van der Waals surface area (Å²) < 4.78 is 0. The molecular weight excluding hydrogens is 278 g/mol. The summed E-state index contributed by atoms with van der Waals surface area (Å²) in [5.41, 5.74) is 1.02. The number of unbranched alkanes of at least 4 members (excludes halogenated alkanes) is 3. The van der Waals surface area contributed by atoms with E-state index in [1.807, 2.05) is 13.8 Å². The van der Waals surface area contributed by atoms with Crippen molar-refractivity contribution in [2.24, 2.45) is 11.1 Å². The SMILES string of the molecule is CCCCCCC1CC(=O)C(C(CCC)=NOCC)=C(O)C1. The zero-order valence-corrected chi connectivity index (χ0v) is 14.4. The number of hydrogen-bond acceptors (Lipinski definition) is 4. The Labute approximate surface area is 134 Å². The number of carbonyl (C=O) groups excluding carboxylic acids is 1. The number of carbonyl (C=O) groups is 1. The lowest BCUT2D eigenvalue weighted by Gasteiger charge is -2.24. The Kier molecular flexibility index (Phi) is 8.86. The first-order valence-electron chi connectivity index (χ1n) is 8.78. The van der Waals surface area contributed by atoms with Crippen LogP contribution in [0.2, 0.25) is 0 Å². The van der Waals surface area contributed by atoms with Crippen molar-refractivity contribution in [1.29, 1.82) is 0 Å². The lowest BCUT2D eigenvalue weighted by Crippen LogP contribution is -2.25. The van der Waals surface area contributed by atoms with E-state index in [4.69, 9.17) is 4.84 Å². The van der Waals surface area contributed by atoms with Gasteiger partial charge in [-0.25, -0.2) is 0 Å². The third kappa shape index (κ3) is 5.82. The molecule has 0 aromatic heterocycles. The van der Waals surface area contributed by atoms with Crippen molar-refractivity contribution in [2.45, 2.75) is 78.6 Å². The third-order valence-electron chi connectivity index (χ3n) is 4.07. The van der Waals surface area contributed by atoms with E-state index in [-0.39, 0.29) is 17.5 Å². The molecule has 0 bridgehead atoms. The number of aliphatic hydroxyl groups is 1. The highest BCUT2D eigenvalue weighted by Crippen LogP contribution is 2.31. The Morgan fingerprint density at radius 2 is 1.95 bits per heavy atom. The van der Waals surface area contributed by atoms with Crippen LogP contribution in [-0.4, -0.2) is 23.2 Å². The Bertz CT molecular complexity index is 413. The van der Waals surface area contributed by atoms with E-state index >= 15 is 0 Å². The largest absolute Gasteiger partial charge is 0.511 e. The standard InChI is InChI=1S/C18H31NO3/c1-4-7-8-9-11-14-12-16(20)18(17(21)13-14)15(10-5-2)19-22-6-3/h14,20H,4-13H2,1-3H3. The highest BCUT2D eigenvalue weighted by molar-refractivity contribution is 6.23. The van der Waals surface area contributed by atoms with E-state index < -0.39 is 0 Å². The zero-order chi connectivity index (χ0) is 16.4. The van der Waals surface area contributed by atoms with Gasteiger partial charge >= 0.3 is 0 Å². The smallest absolute Gasteiger partial charge is 0.168 e. The molecule has 0 radical (unpaired) electrons. The fourth-order valence-corrected chi connectivity index (χ4v) is 2.96. The monoisotopic (exact) mass is 309 g/mol. The van der Waals surface area contributed by atoms with Crippen molar-refractivity contribution in [3.8, 4) is 0 Å². The van der Waals surface area contributed by atoms with Gasteiger partial charge in [0, 0.05) is 12.8 Å². The summed E-state index contributed by atoms with van der Waals surface area (Å²) in [6.45, 7) is 6.55. The second-order valence-electron chi connectivity index (χ2n) is 6.07. The van der Waals surface area contributed by atoms with Crippen LogP contribution in [0.15, 0.2) is 16.5 Å². The van der Waals surface area contributed by atoms with Gasteiger partial charge < -0.3 is 9.94 Å². The van der Waals surface area contributed by atoms with E-state index in [2.05, 4.69) is 12.1 Å². The van der Waals surface area contributed by atoms with Crippen LogP contribution in [0.3, 0.4) is 0 Å². The van der Waals surface area contributed by atoms with Crippen LogP contribution in [-0.2, 0) is 9.63 Å². The Morgan fingerprint density at radius 3 is 2.55 bits per heavy atom. The van der Waals surface area contributed by atoms with Crippen molar-refractivity contribution in [2.75, 3.05) is 6.61 Å². The molecule has 22 heavy (non-hydrogen) atoms. The van der Waals surface area contributed by atoms with Crippen LogP contribution in [0.5, 0.6) is 0 Å². The summed E-state index contributed by atoms with van der Waals surface area (Å²) in [5.74, 6) is 0.517. The first-order chi connectivity index (χ1) is 10.6. The van der Waals surface area contributed by atoms with Crippen LogP contribution < -0.4 is 0 Å². The molecule has 0 spiro atoms. The first kappa shape index (κ1) is 18.7. The molecule has 1 aliphatic rings. The molecule has 0 heterocycles. The summed E-state index contributed by atoms with van der Waals surface area (Å²) in [6.07, 6.45) is 8.50. The molecule has 1 atom stereocenters. The van der Waals surface area contributed by atoms with Crippen LogP contribution in [0.25, 0.3) is 0 Å². The minimum atomic E-state index is 0.0242. The minimum Gasteiger partial charge on any atom is -0.511 e. The molecule has 0 saturated heterocycles. The third-order valence-corrected chi connectivity index (χ3v) is 4.07.